The minimum atomic E-state index is -0.0593. The normalized spacial score (nSPS) is 10.3. The van der Waals surface area contributed by atoms with Crippen LogP contribution < -0.4 is 11.1 Å². The standard InChI is InChI=1S/C14H16N2O2S/c15-11-3-5-12(6-4-11)16-14(17)7-8-18-10-13-2-1-9-19-13/h1-6,9H,7-8,10,15H2,(H,16,17). The van der Waals surface area contributed by atoms with Crippen molar-refractivity contribution >= 4 is 28.6 Å². The third-order valence-electron chi connectivity index (χ3n) is 2.49. The van der Waals surface area contributed by atoms with Gasteiger partial charge in [0.05, 0.1) is 19.6 Å². The van der Waals surface area contributed by atoms with Crippen LogP contribution in [-0.2, 0) is 16.1 Å². The number of hydrogen-bond acceptors (Lipinski definition) is 4. The Morgan fingerprint density at radius 2 is 2.05 bits per heavy atom. The van der Waals surface area contributed by atoms with Gasteiger partial charge in [-0.25, -0.2) is 0 Å². The van der Waals surface area contributed by atoms with E-state index in [0.29, 0.717) is 25.3 Å². The molecule has 0 aliphatic rings. The van der Waals surface area contributed by atoms with E-state index >= 15 is 0 Å². The molecule has 2 rings (SSSR count). The molecule has 3 N–H and O–H groups in total. The first-order valence-electron chi connectivity index (χ1n) is 5.99. The van der Waals surface area contributed by atoms with Crippen LogP contribution in [0.5, 0.6) is 0 Å². The van der Waals surface area contributed by atoms with E-state index in [1.54, 1.807) is 35.6 Å². The number of nitrogens with one attached hydrogen (secondary N) is 1. The van der Waals surface area contributed by atoms with Crippen molar-refractivity contribution in [2.45, 2.75) is 13.0 Å². The average molecular weight is 276 g/mol. The Bertz CT molecular complexity index is 509. The first-order chi connectivity index (χ1) is 9.24. The van der Waals surface area contributed by atoms with Crippen LogP contribution in [0.2, 0.25) is 0 Å². The van der Waals surface area contributed by atoms with E-state index < -0.39 is 0 Å². The predicted octanol–water partition coefficient (Wildman–Crippen LogP) is 2.88. The molecule has 0 bridgehead atoms. The lowest BCUT2D eigenvalue weighted by molar-refractivity contribution is -0.117. The van der Waals surface area contributed by atoms with Gasteiger partial charge >= 0.3 is 0 Å². The summed E-state index contributed by atoms with van der Waals surface area (Å²) in [5.74, 6) is -0.0593. The molecule has 0 saturated carbocycles. The van der Waals surface area contributed by atoms with E-state index in [1.165, 1.54) is 4.88 Å². The maximum Gasteiger partial charge on any atom is 0.226 e. The molecule has 0 spiro atoms. The van der Waals surface area contributed by atoms with Crippen LogP contribution in [0.15, 0.2) is 41.8 Å². The lowest BCUT2D eigenvalue weighted by Crippen LogP contribution is -2.14. The summed E-state index contributed by atoms with van der Waals surface area (Å²) in [5, 5.41) is 4.80. The van der Waals surface area contributed by atoms with E-state index in [-0.39, 0.29) is 5.91 Å². The van der Waals surface area contributed by atoms with Crippen molar-refractivity contribution in [1.82, 2.24) is 0 Å². The van der Waals surface area contributed by atoms with Crippen LogP contribution in [0.4, 0.5) is 11.4 Å². The van der Waals surface area contributed by atoms with E-state index in [2.05, 4.69) is 5.32 Å². The van der Waals surface area contributed by atoms with Crippen molar-refractivity contribution in [3.63, 3.8) is 0 Å². The third kappa shape index (κ3) is 4.73. The molecule has 1 amide bonds. The molecule has 4 nitrogen and oxygen atoms in total. The van der Waals surface area contributed by atoms with E-state index in [0.717, 1.165) is 5.69 Å². The van der Waals surface area contributed by atoms with Crippen molar-refractivity contribution in [3.05, 3.63) is 46.7 Å². The van der Waals surface area contributed by atoms with Gasteiger partial charge in [-0.3, -0.25) is 4.79 Å². The molecule has 19 heavy (non-hydrogen) atoms. The number of nitrogen functional groups attached to an aromatic ring is 1. The van der Waals surface area contributed by atoms with Crippen molar-refractivity contribution in [3.8, 4) is 0 Å². The molecular weight excluding hydrogens is 260 g/mol. The van der Waals surface area contributed by atoms with Gasteiger partial charge in [0.2, 0.25) is 5.91 Å². The fourth-order valence-electron chi connectivity index (χ4n) is 1.52. The molecule has 0 saturated heterocycles. The van der Waals surface area contributed by atoms with Crippen molar-refractivity contribution in [2.75, 3.05) is 17.7 Å². The summed E-state index contributed by atoms with van der Waals surface area (Å²) in [7, 11) is 0. The molecule has 0 fully saturated rings. The fraction of sp³-hybridized carbons (Fsp3) is 0.214. The number of nitrogens with two attached hydrogens (primary N) is 1. The highest BCUT2D eigenvalue weighted by atomic mass is 32.1. The Hall–Kier alpha value is -1.85. The first-order valence-corrected chi connectivity index (χ1v) is 6.87. The molecule has 1 aromatic heterocycles. The summed E-state index contributed by atoms with van der Waals surface area (Å²) in [6, 6.07) is 11.1. The minimum absolute atomic E-state index is 0.0593. The van der Waals surface area contributed by atoms with Crippen molar-refractivity contribution in [2.24, 2.45) is 0 Å². The highest BCUT2D eigenvalue weighted by Crippen LogP contribution is 2.11. The molecule has 0 unspecified atom stereocenters. The van der Waals surface area contributed by atoms with Crippen molar-refractivity contribution in [1.29, 1.82) is 0 Å². The third-order valence-corrected chi connectivity index (χ3v) is 3.34. The van der Waals surface area contributed by atoms with Crippen LogP contribution in [0.3, 0.4) is 0 Å². The smallest absolute Gasteiger partial charge is 0.226 e. The highest BCUT2D eigenvalue weighted by molar-refractivity contribution is 7.09. The molecule has 5 heteroatoms. The van der Waals surface area contributed by atoms with Gasteiger partial charge in [0, 0.05) is 16.3 Å². The topological polar surface area (TPSA) is 64.3 Å². The van der Waals surface area contributed by atoms with Crippen LogP contribution in [-0.4, -0.2) is 12.5 Å². The summed E-state index contributed by atoms with van der Waals surface area (Å²) in [6.07, 6.45) is 0.343. The Kier molecular flexibility index (Phi) is 4.94. The molecule has 0 aliphatic carbocycles. The SMILES string of the molecule is Nc1ccc(NC(=O)CCOCc2cccs2)cc1. The number of hydrogen-bond donors (Lipinski definition) is 2. The molecule has 100 valence electrons. The van der Waals surface area contributed by atoms with E-state index in [4.69, 9.17) is 10.5 Å². The van der Waals surface area contributed by atoms with Crippen LogP contribution in [0, 0.1) is 0 Å². The summed E-state index contributed by atoms with van der Waals surface area (Å²) >= 11 is 1.65. The molecule has 2 aromatic rings. The van der Waals surface area contributed by atoms with Crippen LogP contribution in [0.25, 0.3) is 0 Å². The zero-order valence-corrected chi connectivity index (χ0v) is 11.3. The van der Waals surface area contributed by atoms with E-state index in [9.17, 15) is 4.79 Å². The van der Waals surface area contributed by atoms with E-state index in [1.807, 2.05) is 17.5 Å². The summed E-state index contributed by atoms with van der Waals surface area (Å²) in [4.78, 5) is 12.8. The number of thiophene rings is 1. The average Bonchev–Trinajstić information content (AvgIpc) is 2.91. The zero-order valence-electron chi connectivity index (χ0n) is 10.5. The van der Waals surface area contributed by atoms with Crippen LogP contribution in [0.1, 0.15) is 11.3 Å². The van der Waals surface area contributed by atoms with Gasteiger partial charge in [-0.05, 0) is 35.7 Å². The minimum Gasteiger partial charge on any atom is -0.399 e. The predicted molar refractivity (Wildman–Crippen MR) is 78.1 cm³/mol. The Labute approximate surface area is 116 Å². The number of rotatable bonds is 6. The molecule has 0 radical (unpaired) electrons. The largest absolute Gasteiger partial charge is 0.399 e. The highest BCUT2D eigenvalue weighted by Gasteiger charge is 2.02. The number of carbonyl (C=O) groups excluding carboxylic acids is 1. The zero-order chi connectivity index (χ0) is 13.5. The van der Waals surface area contributed by atoms with Gasteiger partial charge in [0.25, 0.3) is 0 Å². The molecule has 0 atom stereocenters. The monoisotopic (exact) mass is 276 g/mol. The van der Waals surface area contributed by atoms with Gasteiger partial charge in [0.15, 0.2) is 0 Å². The second-order valence-electron chi connectivity index (χ2n) is 4.05. The first kappa shape index (κ1) is 13.6. The number of ether oxygens (including phenoxy) is 1. The second-order valence-corrected chi connectivity index (χ2v) is 5.08. The fourth-order valence-corrected chi connectivity index (χ4v) is 2.16. The van der Waals surface area contributed by atoms with Gasteiger partial charge in [-0.15, -0.1) is 11.3 Å². The Balaban J connectivity index is 1.65. The van der Waals surface area contributed by atoms with Crippen molar-refractivity contribution < 1.29 is 9.53 Å². The number of carbonyl (C=O) groups is 1. The Morgan fingerprint density at radius 3 is 2.74 bits per heavy atom. The summed E-state index contributed by atoms with van der Waals surface area (Å²) in [6.45, 7) is 0.978. The molecule has 0 aliphatic heterocycles. The molecular formula is C14H16N2O2S. The number of amides is 1. The lowest BCUT2D eigenvalue weighted by Gasteiger charge is -2.06. The van der Waals surface area contributed by atoms with Gasteiger partial charge in [0.1, 0.15) is 0 Å². The van der Waals surface area contributed by atoms with Gasteiger partial charge in [-0.2, -0.15) is 0 Å². The maximum atomic E-state index is 11.6. The Morgan fingerprint density at radius 1 is 1.26 bits per heavy atom. The quantitative estimate of drug-likeness (QED) is 0.630. The molecule has 1 aromatic carbocycles. The number of anilines is 2. The molecule has 1 heterocycles. The summed E-state index contributed by atoms with van der Waals surface area (Å²) in [5.41, 5.74) is 7.00. The second kappa shape index (κ2) is 6.92. The summed E-state index contributed by atoms with van der Waals surface area (Å²) < 4.78 is 5.44. The van der Waals surface area contributed by atoms with Gasteiger partial charge < -0.3 is 15.8 Å². The maximum absolute atomic E-state index is 11.6. The van der Waals surface area contributed by atoms with Gasteiger partial charge in [-0.1, -0.05) is 6.07 Å². The van der Waals surface area contributed by atoms with Crippen LogP contribution >= 0.6 is 11.3 Å². The lowest BCUT2D eigenvalue weighted by atomic mass is 10.3. The number of benzene rings is 1.